The third-order valence-electron chi connectivity index (χ3n) is 4.95. The lowest BCUT2D eigenvalue weighted by Crippen LogP contribution is -2.15. The quantitative estimate of drug-likeness (QED) is 0.517. The molecule has 2 aromatic heterocycles. The highest BCUT2D eigenvalue weighted by molar-refractivity contribution is 5.83. The number of phenols is 2. The van der Waals surface area contributed by atoms with Gasteiger partial charge in [0.25, 0.3) is 0 Å². The van der Waals surface area contributed by atoms with Gasteiger partial charge in [-0.15, -0.1) is 0 Å². The number of phenolic OH excluding ortho intramolecular Hbond substituents is 2. The highest BCUT2D eigenvalue weighted by Gasteiger charge is 2.18. The Bertz CT molecular complexity index is 1210. The lowest BCUT2D eigenvalue weighted by Gasteiger charge is -2.14. The van der Waals surface area contributed by atoms with Crippen molar-refractivity contribution >= 4 is 10.9 Å². The number of aryl methyl sites for hydroxylation is 1. The molecular weight excluding hydrogens is 342 g/mol. The van der Waals surface area contributed by atoms with Crippen LogP contribution in [-0.4, -0.2) is 24.3 Å². The predicted molar refractivity (Wildman–Crippen MR) is 106 cm³/mol. The van der Waals surface area contributed by atoms with Crippen molar-refractivity contribution in [2.75, 3.05) is 0 Å². The first-order valence-corrected chi connectivity index (χ1v) is 8.79. The number of H-pyrrole nitrogens is 1. The first-order valence-electron chi connectivity index (χ1n) is 8.79. The third-order valence-corrected chi connectivity index (χ3v) is 4.95. The summed E-state index contributed by atoms with van der Waals surface area (Å²) >= 11 is 0. The molecule has 0 saturated heterocycles. The summed E-state index contributed by atoms with van der Waals surface area (Å²) in [7, 11) is 1.97. The van der Waals surface area contributed by atoms with Gasteiger partial charge < -0.3 is 19.8 Å². The third kappa shape index (κ3) is 2.70. The van der Waals surface area contributed by atoms with Crippen molar-refractivity contribution in [1.29, 1.82) is 0 Å². The van der Waals surface area contributed by atoms with Gasteiger partial charge >= 0.3 is 5.69 Å². The number of hydrogen-bond donors (Lipinski definition) is 3. The van der Waals surface area contributed by atoms with E-state index in [1.807, 2.05) is 55.9 Å². The highest BCUT2D eigenvalue weighted by Crippen LogP contribution is 2.38. The number of aromatic hydroxyl groups is 2. The zero-order valence-corrected chi connectivity index (χ0v) is 15.4. The highest BCUT2D eigenvalue weighted by atomic mass is 16.3. The van der Waals surface area contributed by atoms with Gasteiger partial charge in [-0.2, -0.15) is 0 Å². The van der Waals surface area contributed by atoms with Crippen LogP contribution in [0.5, 0.6) is 11.5 Å². The fourth-order valence-corrected chi connectivity index (χ4v) is 3.49. The molecule has 4 rings (SSSR count). The van der Waals surface area contributed by atoms with Crippen LogP contribution in [0.1, 0.15) is 25.3 Å². The molecule has 0 saturated carbocycles. The SMILES string of the molecule is CC(C)c1cc(-c2c[nH]c(=O)n2-c2ccc3c(ccn3C)c2)c(O)cc1O. The molecule has 4 aromatic rings. The van der Waals surface area contributed by atoms with Crippen molar-refractivity contribution in [3.05, 3.63) is 64.8 Å². The van der Waals surface area contributed by atoms with Crippen LogP contribution in [-0.2, 0) is 7.05 Å². The Hall–Kier alpha value is -3.41. The zero-order valence-electron chi connectivity index (χ0n) is 15.4. The van der Waals surface area contributed by atoms with Gasteiger partial charge in [0.15, 0.2) is 0 Å². The largest absolute Gasteiger partial charge is 0.508 e. The summed E-state index contributed by atoms with van der Waals surface area (Å²) in [6, 6.07) is 10.8. The molecule has 0 aliphatic rings. The van der Waals surface area contributed by atoms with Gasteiger partial charge in [0.05, 0.1) is 11.4 Å². The zero-order chi connectivity index (χ0) is 19.3. The smallest absolute Gasteiger partial charge is 0.330 e. The minimum absolute atomic E-state index is 0.0430. The van der Waals surface area contributed by atoms with E-state index in [1.165, 1.54) is 10.6 Å². The molecular formula is C21H21N3O3. The van der Waals surface area contributed by atoms with Gasteiger partial charge in [0, 0.05) is 42.0 Å². The standard InChI is InChI=1S/C21H21N3O3/c1-12(2)15-9-16(20(26)10-19(15)25)18-11-22-21(27)24(18)14-4-5-17-13(8-14)6-7-23(17)3/h4-12,25-26H,1-3H3,(H,22,27). The minimum Gasteiger partial charge on any atom is -0.508 e. The van der Waals surface area contributed by atoms with Crippen molar-refractivity contribution in [1.82, 2.24) is 14.1 Å². The molecule has 0 bridgehead atoms. The maximum atomic E-state index is 12.5. The second-order valence-corrected chi connectivity index (χ2v) is 7.07. The fourth-order valence-electron chi connectivity index (χ4n) is 3.49. The lowest BCUT2D eigenvalue weighted by molar-refractivity contribution is 0.445. The van der Waals surface area contributed by atoms with Crippen molar-refractivity contribution in [3.63, 3.8) is 0 Å². The maximum absolute atomic E-state index is 12.5. The Kier molecular flexibility index (Phi) is 3.84. The molecule has 27 heavy (non-hydrogen) atoms. The van der Waals surface area contributed by atoms with E-state index >= 15 is 0 Å². The van der Waals surface area contributed by atoms with Crippen molar-refractivity contribution in [2.24, 2.45) is 7.05 Å². The number of aromatic nitrogens is 3. The summed E-state index contributed by atoms with van der Waals surface area (Å²) in [5, 5.41) is 21.5. The first kappa shape index (κ1) is 17.0. The van der Waals surface area contributed by atoms with Crippen molar-refractivity contribution < 1.29 is 10.2 Å². The van der Waals surface area contributed by atoms with Gasteiger partial charge in [-0.25, -0.2) is 4.79 Å². The van der Waals surface area contributed by atoms with Gasteiger partial charge in [-0.05, 0) is 41.8 Å². The van der Waals surface area contributed by atoms with Gasteiger partial charge in [0.2, 0.25) is 0 Å². The topological polar surface area (TPSA) is 83.2 Å². The summed E-state index contributed by atoms with van der Waals surface area (Å²) in [6.07, 6.45) is 3.55. The van der Waals surface area contributed by atoms with Gasteiger partial charge in [-0.3, -0.25) is 4.57 Å². The van der Waals surface area contributed by atoms with E-state index in [1.54, 1.807) is 12.3 Å². The van der Waals surface area contributed by atoms with Crippen LogP contribution in [0.4, 0.5) is 0 Å². The number of fused-ring (bicyclic) bond motifs is 1. The lowest BCUT2D eigenvalue weighted by atomic mass is 9.97. The molecule has 0 aliphatic heterocycles. The average Bonchev–Trinajstić information content (AvgIpc) is 3.17. The molecule has 6 heteroatoms. The number of rotatable bonds is 3. The minimum atomic E-state index is -0.293. The first-order chi connectivity index (χ1) is 12.9. The molecule has 2 heterocycles. The average molecular weight is 363 g/mol. The molecule has 0 spiro atoms. The van der Waals surface area contributed by atoms with E-state index in [0.29, 0.717) is 22.5 Å². The van der Waals surface area contributed by atoms with Crippen LogP contribution < -0.4 is 5.69 Å². The molecule has 0 atom stereocenters. The van der Waals surface area contributed by atoms with E-state index in [0.717, 1.165) is 10.9 Å². The Morgan fingerprint density at radius 1 is 1.04 bits per heavy atom. The molecule has 0 aliphatic carbocycles. The van der Waals surface area contributed by atoms with Crippen LogP contribution in [0.3, 0.4) is 0 Å². The number of imidazole rings is 1. The maximum Gasteiger partial charge on any atom is 0.330 e. The predicted octanol–water partition coefficient (Wildman–Crippen LogP) is 3.86. The summed E-state index contributed by atoms with van der Waals surface area (Å²) in [6.45, 7) is 3.92. The second-order valence-electron chi connectivity index (χ2n) is 7.07. The van der Waals surface area contributed by atoms with Gasteiger partial charge in [-0.1, -0.05) is 13.8 Å². The van der Waals surface area contributed by atoms with E-state index in [-0.39, 0.29) is 23.1 Å². The molecule has 0 fully saturated rings. The van der Waals surface area contributed by atoms with Crippen LogP contribution in [0.2, 0.25) is 0 Å². The molecule has 0 amide bonds. The van der Waals surface area contributed by atoms with Crippen molar-refractivity contribution in [3.8, 4) is 28.4 Å². The summed E-state index contributed by atoms with van der Waals surface area (Å²) in [5.41, 5.74) is 3.21. The normalized spacial score (nSPS) is 11.6. The molecule has 0 radical (unpaired) electrons. The Balaban J connectivity index is 1.94. The molecule has 0 unspecified atom stereocenters. The number of benzene rings is 2. The van der Waals surface area contributed by atoms with Gasteiger partial charge in [0.1, 0.15) is 11.5 Å². The number of aromatic amines is 1. The molecule has 3 N–H and O–H groups in total. The van der Waals surface area contributed by atoms with Crippen molar-refractivity contribution in [2.45, 2.75) is 19.8 Å². The summed E-state index contributed by atoms with van der Waals surface area (Å²) in [4.78, 5) is 15.2. The van der Waals surface area contributed by atoms with E-state index in [9.17, 15) is 15.0 Å². The number of nitrogens with one attached hydrogen (secondary N) is 1. The van der Waals surface area contributed by atoms with E-state index in [4.69, 9.17) is 0 Å². The van der Waals surface area contributed by atoms with E-state index < -0.39 is 0 Å². The van der Waals surface area contributed by atoms with Crippen LogP contribution in [0.25, 0.3) is 27.8 Å². The molecule has 138 valence electrons. The fraction of sp³-hybridized carbons (Fsp3) is 0.190. The number of hydrogen-bond acceptors (Lipinski definition) is 3. The van der Waals surface area contributed by atoms with Crippen LogP contribution >= 0.6 is 0 Å². The summed E-state index contributed by atoms with van der Waals surface area (Å²) in [5.74, 6) is 0.0379. The molecule has 2 aromatic carbocycles. The Morgan fingerprint density at radius 3 is 2.56 bits per heavy atom. The van der Waals surface area contributed by atoms with Crippen LogP contribution in [0, 0.1) is 0 Å². The monoisotopic (exact) mass is 363 g/mol. The number of nitrogens with zero attached hydrogens (tertiary/aromatic N) is 2. The van der Waals surface area contributed by atoms with Crippen LogP contribution in [0.15, 0.2) is 53.6 Å². The Morgan fingerprint density at radius 2 is 1.81 bits per heavy atom. The molecule has 6 nitrogen and oxygen atoms in total. The second kappa shape index (κ2) is 6.09. The summed E-state index contributed by atoms with van der Waals surface area (Å²) < 4.78 is 3.54. The Labute approximate surface area is 155 Å². The van der Waals surface area contributed by atoms with E-state index in [2.05, 4.69) is 4.98 Å².